The third-order valence-corrected chi connectivity index (χ3v) is 7.32. The van der Waals surface area contributed by atoms with Crippen LogP contribution in [0, 0.1) is 0 Å². The highest BCUT2D eigenvalue weighted by Gasteiger charge is 2.51. The molecule has 5 aromatic rings. The number of benzene rings is 4. The maximum Gasteiger partial charge on any atom is 0.412 e. The Bertz CT molecular complexity index is 1620. The molecule has 7 rings (SSSR count). The number of carbonyl (C=O) groups excluding carboxylic acids is 1. The van der Waals surface area contributed by atoms with Gasteiger partial charge in [-0.05, 0) is 33.0 Å². The SMILES string of the molecule is O=C(Nc1cccc2ccccc12)OC1COC2C1OCC2n1nnnc1-c1ccc(-c2ccccc2)cc1. The van der Waals surface area contributed by atoms with Gasteiger partial charge in [0.2, 0.25) is 0 Å². The summed E-state index contributed by atoms with van der Waals surface area (Å²) in [6.07, 6.45) is -1.84. The minimum atomic E-state index is -0.547. The van der Waals surface area contributed by atoms with E-state index in [9.17, 15) is 4.79 Å². The first-order chi connectivity index (χ1) is 19.2. The monoisotopic (exact) mass is 519 g/mol. The van der Waals surface area contributed by atoms with Crippen molar-refractivity contribution >= 4 is 22.6 Å². The van der Waals surface area contributed by atoms with Crippen LogP contribution in [-0.4, -0.2) is 57.8 Å². The molecule has 4 unspecified atom stereocenters. The van der Waals surface area contributed by atoms with E-state index in [-0.39, 0.29) is 18.8 Å². The topological polar surface area (TPSA) is 100 Å². The Morgan fingerprint density at radius 1 is 0.795 bits per heavy atom. The first kappa shape index (κ1) is 23.5. The lowest BCUT2D eigenvalue weighted by Gasteiger charge is -2.18. The molecule has 0 aliphatic carbocycles. The van der Waals surface area contributed by atoms with E-state index in [1.165, 1.54) is 0 Å². The van der Waals surface area contributed by atoms with E-state index in [4.69, 9.17) is 14.2 Å². The molecule has 2 saturated heterocycles. The van der Waals surface area contributed by atoms with Crippen LogP contribution in [0.1, 0.15) is 6.04 Å². The van der Waals surface area contributed by atoms with Gasteiger partial charge in [0, 0.05) is 10.9 Å². The summed E-state index contributed by atoms with van der Waals surface area (Å²) in [6.45, 7) is 0.582. The molecule has 1 N–H and O–H groups in total. The third kappa shape index (κ3) is 4.41. The number of carbonyl (C=O) groups is 1. The molecule has 4 aromatic carbocycles. The Kier molecular flexibility index (Phi) is 5.99. The number of ether oxygens (including phenoxy) is 3. The fourth-order valence-corrected chi connectivity index (χ4v) is 5.42. The van der Waals surface area contributed by atoms with Crippen LogP contribution in [0.2, 0.25) is 0 Å². The molecule has 3 heterocycles. The standard InChI is InChI=1S/C30H25N5O4/c36-30(31-24-12-6-10-21-9-4-5-11-23(21)24)39-26-18-38-27-25(17-37-28(26)27)35-29(32-33-34-35)22-15-13-20(14-16-22)19-7-2-1-3-8-19/h1-16,25-28H,17-18H2,(H,31,36). The van der Waals surface area contributed by atoms with Gasteiger partial charge >= 0.3 is 6.09 Å². The third-order valence-electron chi connectivity index (χ3n) is 7.32. The summed E-state index contributed by atoms with van der Waals surface area (Å²) in [6, 6.07) is 31.7. The van der Waals surface area contributed by atoms with Crippen LogP contribution in [0.5, 0.6) is 0 Å². The van der Waals surface area contributed by atoms with Crippen LogP contribution in [0.15, 0.2) is 97.1 Å². The van der Waals surface area contributed by atoms with Crippen LogP contribution in [0.25, 0.3) is 33.3 Å². The van der Waals surface area contributed by atoms with Crippen LogP contribution in [0.3, 0.4) is 0 Å². The van der Waals surface area contributed by atoms with Crippen LogP contribution in [0.4, 0.5) is 10.5 Å². The second-order valence-corrected chi connectivity index (χ2v) is 9.65. The van der Waals surface area contributed by atoms with Crippen molar-refractivity contribution in [3.8, 4) is 22.5 Å². The number of amides is 1. The Balaban J connectivity index is 1.04. The molecule has 0 saturated carbocycles. The largest absolute Gasteiger partial charge is 0.441 e. The summed E-state index contributed by atoms with van der Waals surface area (Å²) < 4.78 is 19.6. The predicted molar refractivity (Wildman–Crippen MR) is 145 cm³/mol. The quantitative estimate of drug-likeness (QED) is 0.344. The van der Waals surface area contributed by atoms with Gasteiger partial charge in [0.15, 0.2) is 11.9 Å². The number of nitrogens with zero attached hydrogens (tertiary/aromatic N) is 4. The van der Waals surface area contributed by atoms with Gasteiger partial charge in [0.25, 0.3) is 0 Å². The number of anilines is 1. The van der Waals surface area contributed by atoms with Gasteiger partial charge in [-0.25, -0.2) is 9.48 Å². The predicted octanol–water partition coefficient (Wildman–Crippen LogP) is 5.12. The number of tetrazole rings is 1. The van der Waals surface area contributed by atoms with Gasteiger partial charge < -0.3 is 14.2 Å². The Hall–Kier alpha value is -4.60. The van der Waals surface area contributed by atoms with Crippen molar-refractivity contribution in [1.82, 2.24) is 20.2 Å². The van der Waals surface area contributed by atoms with Gasteiger partial charge in [-0.2, -0.15) is 0 Å². The van der Waals surface area contributed by atoms with E-state index in [0.717, 1.165) is 27.5 Å². The Labute approximate surface area is 224 Å². The number of rotatable bonds is 5. The molecule has 194 valence electrons. The molecule has 4 atom stereocenters. The smallest absolute Gasteiger partial charge is 0.412 e. The molecular weight excluding hydrogens is 494 g/mol. The maximum atomic E-state index is 12.8. The summed E-state index contributed by atoms with van der Waals surface area (Å²) in [5.74, 6) is 0.630. The molecule has 2 aliphatic rings. The molecule has 0 spiro atoms. The zero-order valence-electron chi connectivity index (χ0n) is 20.9. The highest BCUT2D eigenvalue weighted by molar-refractivity contribution is 6.00. The van der Waals surface area contributed by atoms with E-state index < -0.39 is 18.3 Å². The van der Waals surface area contributed by atoms with E-state index in [2.05, 4.69) is 45.1 Å². The molecular formula is C30H25N5O4. The number of hydrogen-bond acceptors (Lipinski definition) is 7. The Morgan fingerprint density at radius 2 is 1.51 bits per heavy atom. The van der Waals surface area contributed by atoms with Crippen molar-refractivity contribution in [1.29, 1.82) is 0 Å². The van der Waals surface area contributed by atoms with Gasteiger partial charge in [-0.15, -0.1) is 5.10 Å². The van der Waals surface area contributed by atoms with Gasteiger partial charge in [0.05, 0.1) is 18.9 Å². The van der Waals surface area contributed by atoms with Crippen LogP contribution in [-0.2, 0) is 14.2 Å². The number of fused-ring (bicyclic) bond motifs is 2. The molecule has 9 nitrogen and oxygen atoms in total. The summed E-state index contributed by atoms with van der Waals surface area (Å²) >= 11 is 0. The normalized spacial score (nSPS) is 22.1. The number of aromatic nitrogens is 4. The molecule has 0 radical (unpaired) electrons. The molecule has 0 bridgehead atoms. The van der Waals surface area contributed by atoms with E-state index in [1.54, 1.807) is 4.68 Å². The van der Waals surface area contributed by atoms with Crippen molar-refractivity contribution < 1.29 is 19.0 Å². The molecule has 1 amide bonds. The van der Waals surface area contributed by atoms with Crippen molar-refractivity contribution in [2.75, 3.05) is 18.5 Å². The summed E-state index contributed by atoms with van der Waals surface area (Å²) in [5, 5.41) is 17.3. The average Bonchev–Trinajstić information content (AvgIpc) is 3.72. The van der Waals surface area contributed by atoms with Crippen molar-refractivity contribution in [2.45, 2.75) is 24.4 Å². The van der Waals surface area contributed by atoms with Crippen molar-refractivity contribution in [2.24, 2.45) is 0 Å². The fraction of sp³-hybridized carbons (Fsp3) is 0.200. The van der Waals surface area contributed by atoms with Gasteiger partial charge in [-0.3, -0.25) is 5.32 Å². The second kappa shape index (κ2) is 9.94. The van der Waals surface area contributed by atoms with Crippen molar-refractivity contribution in [3.05, 3.63) is 97.1 Å². The molecule has 2 aliphatic heterocycles. The van der Waals surface area contributed by atoms with E-state index in [0.29, 0.717) is 18.1 Å². The van der Waals surface area contributed by atoms with Crippen molar-refractivity contribution in [3.63, 3.8) is 0 Å². The lowest BCUT2D eigenvalue weighted by molar-refractivity contribution is 0.00775. The van der Waals surface area contributed by atoms with Gasteiger partial charge in [0.1, 0.15) is 18.2 Å². The number of hydrogen-bond donors (Lipinski definition) is 1. The highest BCUT2D eigenvalue weighted by atomic mass is 16.6. The summed E-state index contributed by atoms with van der Waals surface area (Å²) in [4.78, 5) is 12.8. The first-order valence-corrected chi connectivity index (χ1v) is 12.9. The van der Waals surface area contributed by atoms with E-state index >= 15 is 0 Å². The fourth-order valence-electron chi connectivity index (χ4n) is 5.42. The first-order valence-electron chi connectivity index (χ1n) is 12.9. The lowest BCUT2D eigenvalue weighted by Crippen LogP contribution is -2.35. The van der Waals surface area contributed by atoms with Crippen LogP contribution < -0.4 is 5.32 Å². The maximum absolute atomic E-state index is 12.8. The number of nitrogens with one attached hydrogen (secondary N) is 1. The molecule has 1 aromatic heterocycles. The zero-order chi connectivity index (χ0) is 26.2. The second-order valence-electron chi connectivity index (χ2n) is 9.65. The summed E-state index contributed by atoms with van der Waals surface area (Å²) in [7, 11) is 0. The minimum absolute atomic E-state index is 0.234. The van der Waals surface area contributed by atoms with Crippen LogP contribution >= 0.6 is 0 Å². The molecule has 39 heavy (non-hydrogen) atoms. The average molecular weight is 520 g/mol. The summed E-state index contributed by atoms with van der Waals surface area (Å²) in [5.41, 5.74) is 3.84. The van der Waals surface area contributed by atoms with E-state index in [1.807, 2.05) is 72.8 Å². The zero-order valence-corrected chi connectivity index (χ0v) is 20.9. The lowest BCUT2D eigenvalue weighted by atomic mass is 10.0. The highest BCUT2D eigenvalue weighted by Crippen LogP contribution is 2.37. The Morgan fingerprint density at radius 3 is 2.38 bits per heavy atom. The molecule has 9 heteroatoms. The minimum Gasteiger partial charge on any atom is -0.441 e. The van der Waals surface area contributed by atoms with Gasteiger partial charge in [-0.1, -0.05) is 91.0 Å². The molecule has 2 fully saturated rings.